The van der Waals surface area contributed by atoms with E-state index in [9.17, 15) is 0 Å². The van der Waals surface area contributed by atoms with Crippen LogP contribution in [0.2, 0.25) is 10.0 Å². The summed E-state index contributed by atoms with van der Waals surface area (Å²) >= 11 is 12.8. The Morgan fingerprint density at radius 1 is 1.08 bits per heavy atom. The maximum Gasteiger partial charge on any atom is 0.147 e. The number of H-pyrrole nitrogens is 1. The standard InChI is InChI=1S/C28H36Cl2N6/c1-4-24-19-35(27-25(30)17-22(18-33-27)26-31-11-12-32-26)15-16-36(24)28(3)9-13-34(14-10-28)20(2)21-5-7-23(29)8-6-21/h5-8,11-12,17-18,20,24H,4,9-10,13-16,19H2,1-3H3,(H,31,32). The Bertz CT molecular complexity index is 1140. The molecule has 5 rings (SSSR count). The number of aromatic nitrogens is 3. The summed E-state index contributed by atoms with van der Waals surface area (Å²) in [6, 6.07) is 11.2. The van der Waals surface area contributed by atoms with Crippen LogP contribution >= 0.6 is 23.2 Å². The number of aromatic amines is 1. The van der Waals surface area contributed by atoms with Crippen LogP contribution < -0.4 is 4.90 Å². The highest BCUT2D eigenvalue weighted by molar-refractivity contribution is 6.33. The molecule has 0 spiro atoms. The molecule has 6 nitrogen and oxygen atoms in total. The zero-order valence-electron chi connectivity index (χ0n) is 21.4. The van der Waals surface area contributed by atoms with Crippen LogP contribution in [0.25, 0.3) is 11.4 Å². The van der Waals surface area contributed by atoms with Crippen LogP contribution in [0.5, 0.6) is 0 Å². The average Bonchev–Trinajstić information content (AvgIpc) is 3.44. The minimum Gasteiger partial charge on any atom is -0.353 e. The number of hydrogen-bond donors (Lipinski definition) is 1. The van der Waals surface area contributed by atoms with E-state index in [1.807, 2.05) is 30.6 Å². The van der Waals surface area contributed by atoms with Crippen molar-refractivity contribution >= 4 is 29.0 Å². The second-order valence-electron chi connectivity index (χ2n) is 10.4. The van der Waals surface area contributed by atoms with Gasteiger partial charge in [0.1, 0.15) is 11.6 Å². The van der Waals surface area contributed by atoms with Crippen LogP contribution in [-0.2, 0) is 0 Å². The average molecular weight is 528 g/mol. The molecule has 36 heavy (non-hydrogen) atoms. The molecule has 2 aromatic heterocycles. The minimum atomic E-state index is 0.212. The van der Waals surface area contributed by atoms with Crippen LogP contribution in [0.1, 0.15) is 51.6 Å². The Labute approximate surface area is 224 Å². The van der Waals surface area contributed by atoms with Gasteiger partial charge in [-0.1, -0.05) is 42.3 Å². The van der Waals surface area contributed by atoms with E-state index in [4.69, 9.17) is 28.2 Å². The number of piperazine rings is 1. The van der Waals surface area contributed by atoms with Gasteiger partial charge in [0.05, 0.1) is 5.02 Å². The van der Waals surface area contributed by atoms with Gasteiger partial charge in [-0.05, 0) is 56.9 Å². The van der Waals surface area contributed by atoms with Gasteiger partial charge in [0.25, 0.3) is 0 Å². The Morgan fingerprint density at radius 2 is 1.83 bits per heavy atom. The number of hydrogen-bond acceptors (Lipinski definition) is 5. The van der Waals surface area contributed by atoms with Crippen LogP contribution in [0, 0.1) is 0 Å². The number of rotatable bonds is 6. The summed E-state index contributed by atoms with van der Waals surface area (Å²) in [4.78, 5) is 19.9. The number of anilines is 1. The van der Waals surface area contributed by atoms with Gasteiger partial charge < -0.3 is 9.88 Å². The predicted molar refractivity (Wildman–Crippen MR) is 149 cm³/mol. The molecule has 3 aromatic rings. The Kier molecular flexibility index (Phi) is 7.59. The van der Waals surface area contributed by atoms with Gasteiger partial charge in [-0.2, -0.15) is 0 Å². The lowest BCUT2D eigenvalue weighted by atomic mass is 9.84. The molecule has 2 atom stereocenters. The normalized spacial score (nSPS) is 22.0. The van der Waals surface area contributed by atoms with E-state index in [1.54, 1.807) is 6.20 Å². The Morgan fingerprint density at radius 3 is 2.47 bits per heavy atom. The van der Waals surface area contributed by atoms with Crippen molar-refractivity contribution in [1.82, 2.24) is 24.8 Å². The van der Waals surface area contributed by atoms with Crippen molar-refractivity contribution in [3.63, 3.8) is 0 Å². The number of halogens is 2. The van der Waals surface area contributed by atoms with Crippen LogP contribution in [0.15, 0.2) is 48.9 Å². The molecule has 0 saturated carbocycles. The van der Waals surface area contributed by atoms with E-state index in [-0.39, 0.29) is 5.54 Å². The lowest BCUT2D eigenvalue weighted by Crippen LogP contribution is -2.63. The predicted octanol–water partition coefficient (Wildman–Crippen LogP) is 6.29. The second kappa shape index (κ2) is 10.7. The van der Waals surface area contributed by atoms with Gasteiger partial charge in [-0.15, -0.1) is 0 Å². The fraction of sp³-hybridized carbons (Fsp3) is 0.500. The topological polar surface area (TPSA) is 51.3 Å². The van der Waals surface area contributed by atoms with Crippen LogP contribution in [-0.4, -0.2) is 69.1 Å². The molecule has 2 aliphatic heterocycles. The van der Waals surface area contributed by atoms with Gasteiger partial charge in [0.2, 0.25) is 0 Å². The first-order chi connectivity index (χ1) is 17.4. The first-order valence-corrected chi connectivity index (χ1v) is 13.8. The SMILES string of the molecule is CCC1CN(c2ncc(-c3ncc[nH]3)cc2Cl)CCN1C1(C)CCN(C(C)c2ccc(Cl)cc2)CC1. The van der Waals surface area contributed by atoms with E-state index >= 15 is 0 Å². The molecule has 192 valence electrons. The fourth-order valence-corrected chi connectivity index (χ4v) is 6.37. The summed E-state index contributed by atoms with van der Waals surface area (Å²) in [7, 11) is 0. The van der Waals surface area contributed by atoms with Gasteiger partial charge >= 0.3 is 0 Å². The number of benzene rings is 1. The maximum absolute atomic E-state index is 6.72. The number of nitrogens with zero attached hydrogens (tertiary/aromatic N) is 5. The van der Waals surface area contributed by atoms with Crippen molar-refractivity contribution in [2.24, 2.45) is 0 Å². The van der Waals surface area contributed by atoms with Gasteiger partial charge in [-0.3, -0.25) is 9.80 Å². The highest BCUT2D eigenvalue weighted by Crippen LogP contribution is 2.37. The summed E-state index contributed by atoms with van der Waals surface area (Å²) in [5.74, 6) is 1.67. The summed E-state index contributed by atoms with van der Waals surface area (Å²) in [5.41, 5.74) is 2.46. The molecule has 4 heterocycles. The van der Waals surface area contributed by atoms with Crippen molar-refractivity contribution in [2.45, 2.75) is 57.7 Å². The third-order valence-corrected chi connectivity index (χ3v) is 8.85. The highest BCUT2D eigenvalue weighted by atomic mass is 35.5. The minimum absolute atomic E-state index is 0.212. The number of piperidine rings is 1. The molecule has 8 heteroatoms. The fourth-order valence-electron chi connectivity index (χ4n) is 5.96. The number of pyridine rings is 1. The van der Waals surface area contributed by atoms with Gasteiger partial charge in [0.15, 0.2) is 0 Å². The largest absolute Gasteiger partial charge is 0.353 e. The molecule has 0 amide bonds. The van der Waals surface area contributed by atoms with Crippen molar-refractivity contribution in [1.29, 1.82) is 0 Å². The first-order valence-electron chi connectivity index (χ1n) is 13.0. The van der Waals surface area contributed by atoms with E-state index in [1.165, 1.54) is 18.4 Å². The zero-order chi connectivity index (χ0) is 25.3. The summed E-state index contributed by atoms with van der Waals surface area (Å²) in [5, 5.41) is 1.48. The number of imidazole rings is 1. The molecule has 2 unspecified atom stereocenters. The van der Waals surface area contributed by atoms with Crippen LogP contribution in [0.3, 0.4) is 0 Å². The quantitative estimate of drug-likeness (QED) is 0.408. The second-order valence-corrected chi connectivity index (χ2v) is 11.3. The summed E-state index contributed by atoms with van der Waals surface area (Å²) < 4.78 is 0. The molecule has 2 aliphatic rings. The number of nitrogens with one attached hydrogen (secondary N) is 1. The smallest absolute Gasteiger partial charge is 0.147 e. The van der Waals surface area contributed by atoms with E-state index in [0.29, 0.717) is 17.1 Å². The Balaban J connectivity index is 1.23. The van der Waals surface area contributed by atoms with Crippen LogP contribution in [0.4, 0.5) is 5.82 Å². The lowest BCUT2D eigenvalue weighted by molar-refractivity contribution is -0.0120. The lowest BCUT2D eigenvalue weighted by Gasteiger charge is -2.54. The molecule has 1 aromatic carbocycles. The third-order valence-electron chi connectivity index (χ3n) is 8.32. The van der Waals surface area contributed by atoms with E-state index < -0.39 is 0 Å². The van der Waals surface area contributed by atoms with Crippen molar-refractivity contribution in [3.8, 4) is 11.4 Å². The van der Waals surface area contributed by atoms with Crippen molar-refractivity contribution < 1.29 is 0 Å². The molecule has 0 radical (unpaired) electrons. The molecule has 1 N–H and O–H groups in total. The monoisotopic (exact) mass is 526 g/mol. The van der Waals surface area contributed by atoms with E-state index in [2.05, 4.69) is 57.6 Å². The third kappa shape index (κ3) is 5.14. The molecular formula is C28H36Cl2N6. The molecule has 2 fully saturated rings. The van der Waals surface area contributed by atoms with Crippen molar-refractivity contribution in [3.05, 3.63) is 64.5 Å². The molecular weight excluding hydrogens is 491 g/mol. The van der Waals surface area contributed by atoms with E-state index in [0.717, 1.165) is 61.4 Å². The zero-order valence-corrected chi connectivity index (χ0v) is 22.9. The first kappa shape index (κ1) is 25.5. The number of likely N-dealkylation sites (tertiary alicyclic amines) is 1. The summed E-state index contributed by atoms with van der Waals surface area (Å²) in [6.45, 7) is 12.2. The van der Waals surface area contributed by atoms with Gasteiger partial charge in [-0.25, -0.2) is 9.97 Å². The molecule has 0 aliphatic carbocycles. The van der Waals surface area contributed by atoms with Crippen molar-refractivity contribution in [2.75, 3.05) is 37.6 Å². The maximum atomic E-state index is 6.72. The molecule has 2 saturated heterocycles. The highest BCUT2D eigenvalue weighted by Gasteiger charge is 2.42. The van der Waals surface area contributed by atoms with Gasteiger partial charge in [0, 0.05) is 79.5 Å². The summed E-state index contributed by atoms with van der Waals surface area (Å²) in [6.07, 6.45) is 8.89. The molecule has 0 bridgehead atoms. The Hall–Kier alpha value is -2.12.